The van der Waals surface area contributed by atoms with Gasteiger partial charge in [0.1, 0.15) is 18.5 Å². The molecule has 0 saturated heterocycles. The highest BCUT2D eigenvalue weighted by Crippen LogP contribution is 2.08. The number of aliphatic hydroxyl groups excluding tert-OH is 1. The largest absolute Gasteiger partial charge is 0.491 e. The second-order valence-corrected chi connectivity index (χ2v) is 4.98. The van der Waals surface area contributed by atoms with E-state index in [2.05, 4.69) is 5.32 Å². The fourth-order valence-corrected chi connectivity index (χ4v) is 1.57. The van der Waals surface area contributed by atoms with Gasteiger partial charge >= 0.3 is 0 Å². The van der Waals surface area contributed by atoms with Gasteiger partial charge in [0, 0.05) is 19.2 Å². The molecule has 0 bridgehead atoms. The number of hydrogen-bond donors (Lipinski definition) is 2. The van der Waals surface area contributed by atoms with Crippen molar-refractivity contribution in [2.75, 3.05) is 26.9 Å². The van der Waals surface area contributed by atoms with Crippen LogP contribution in [-0.4, -0.2) is 43.6 Å². The summed E-state index contributed by atoms with van der Waals surface area (Å²) in [4.78, 5) is 0. The van der Waals surface area contributed by atoms with Crippen molar-refractivity contribution in [1.82, 2.24) is 5.32 Å². The number of hydrogen-bond acceptors (Lipinski definition) is 4. The molecule has 1 rings (SSSR count). The zero-order chi connectivity index (χ0) is 13.4. The van der Waals surface area contributed by atoms with Gasteiger partial charge in [-0.05, 0) is 26.0 Å². The van der Waals surface area contributed by atoms with Gasteiger partial charge in [0.25, 0.3) is 0 Å². The van der Waals surface area contributed by atoms with Crippen molar-refractivity contribution in [1.29, 1.82) is 0 Å². The summed E-state index contributed by atoms with van der Waals surface area (Å²) in [7, 11) is 1.67. The Kier molecular flexibility index (Phi) is 6.12. The molecular weight excluding hydrogens is 230 g/mol. The monoisotopic (exact) mass is 253 g/mol. The molecule has 0 aromatic heterocycles. The first-order valence-electron chi connectivity index (χ1n) is 6.13. The zero-order valence-corrected chi connectivity index (χ0v) is 11.3. The smallest absolute Gasteiger partial charge is 0.119 e. The summed E-state index contributed by atoms with van der Waals surface area (Å²) in [6.07, 6.45) is -0.540. The van der Waals surface area contributed by atoms with Crippen LogP contribution < -0.4 is 10.1 Å². The molecule has 1 unspecified atom stereocenters. The summed E-state index contributed by atoms with van der Waals surface area (Å²) >= 11 is 0. The van der Waals surface area contributed by atoms with Crippen LogP contribution in [0.15, 0.2) is 30.3 Å². The molecule has 0 spiro atoms. The first-order valence-corrected chi connectivity index (χ1v) is 6.13. The van der Waals surface area contributed by atoms with Gasteiger partial charge in [0.15, 0.2) is 0 Å². The first-order chi connectivity index (χ1) is 8.53. The van der Waals surface area contributed by atoms with E-state index >= 15 is 0 Å². The Labute approximate surface area is 109 Å². The van der Waals surface area contributed by atoms with Crippen LogP contribution >= 0.6 is 0 Å². The minimum Gasteiger partial charge on any atom is -0.491 e. The summed E-state index contributed by atoms with van der Waals surface area (Å²) in [6.45, 7) is 5.41. The van der Waals surface area contributed by atoms with Crippen LogP contribution in [0.4, 0.5) is 0 Å². The SMILES string of the molecule is COCC(C)(C)NCC(O)COc1ccccc1. The van der Waals surface area contributed by atoms with E-state index < -0.39 is 6.10 Å². The van der Waals surface area contributed by atoms with Crippen LogP contribution in [0.25, 0.3) is 0 Å². The molecule has 0 aliphatic heterocycles. The van der Waals surface area contributed by atoms with E-state index in [0.717, 1.165) is 5.75 Å². The third-order valence-electron chi connectivity index (χ3n) is 2.51. The number of ether oxygens (including phenoxy) is 2. The predicted octanol–water partition coefficient (Wildman–Crippen LogP) is 1.44. The minimum absolute atomic E-state index is 0.150. The lowest BCUT2D eigenvalue weighted by Gasteiger charge is -2.26. The normalized spacial score (nSPS) is 13.3. The molecule has 4 heteroatoms. The average Bonchev–Trinajstić information content (AvgIpc) is 2.35. The molecule has 0 saturated carbocycles. The van der Waals surface area contributed by atoms with E-state index in [1.54, 1.807) is 7.11 Å². The summed E-state index contributed by atoms with van der Waals surface area (Å²) in [6, 6.07) is 9.48. The van der Waals surface area contributed by atoms with Crippen LogP contribution in [0, 0.1) is 0 Å². The maximum absolute atomic E-state index is 9.81. The predicted molar refractivity (Wildman–Crippen MR) is 71.9 cm³/mol. The first kappa shape index (κ1) is 15.0. The van der Waals surface area contributed by atoms with Gasteiger partial charge in [0.05, 0.1) is 6.61 Å². The highest BCUT2D eigenvalue weighted by molar-refractivity contribution is 5.20. The van der Waals surface area contributed by atoms with Gasteiger partial charge < -0.3 is 19.9 Å². The van der Waals surface area contributed by atoms with E-state index in [4.69, 9.17) is 9.47 Å². The Hall–Kier alpha value is -1.10. The standard InChI is InChI=1S/C14H23NO3/c1-14(2,11-17-3)15-9-12(16)10-18-13-7-5-4-6-8-13/h4-8,12,15-16H,9-11H2,1-3H3. The fourth-order valence-electron chi connectivity index (χ4n) is 1.57. The molecule has 0 heterocycles. The molecule has 102 valence electrons. The van der Waals surface area contributed by atoms with Gasteiger partial charge in [-0.15, -0.1) is 0 Å². The molecule has 2 N–H and O–H groups in total. The molecule has 0 aliphatic rings. The van der Waals surface area contributed by atoms with Crippen LogP contribution in [0.5, 0.6) is 5.75 Å². The van der Waals surface area contributed by atoms with Gasteiger partial charge in [-0.3, -0.25) is 0 Å². The Bertz CT molecular complexity index is 327. The highest BCUT2D eigenvalue weighted by Gasteiger charge is 2.18. The Morgan fingerprint density at radius 2 is 1.94 bits per heavy atom. The van der Waals surface area contributed by atoms with Gasteiger partial charge in [-0.2, -0.15) is 0 Å². The maximum atomic E-state index is 9.81. The number of rotatable bonds is 8. The minimum atomic E-state index is -0.540. The Balaban J connectivity index is 2.24. The summed E-state index contributed by atoms with van der Waals surface area (Å²) in [5.41, 5.74) is -0.150. The van der Waals surface area contributed by atoms with Gasteiger partial charge in [-0.25, -0.2) is 0 Å². The second kappa shape index (κ2) is 7.36. The number of para-hydroxylation sites is 1. The molecular formula is C14H23NO3. The molecule has 0 amide bonds. The third-order valence-corrected chi connectivity index (χ3v) is 2.51. The number of β-amino-alcohol motifs (C(OH)–C–C–N with tert-alkyl or cyclic N) is 1. The van der Waals surface area contributed by atoms with E-state index in [-0.39, 0.29) is 12.1 Å². The summed E-state index contributed by atoms with van der Waals surface area (Å²) in [5, 5.41) is 13.1. The van der Waals surface area contributed by atoms with Crippen LogP contribution in [0.1, 0.15) is 13.8 Å². The number of aliphatic hydroxyl groups is 1. The quantitative estimate of drug-likeness (QED) is 0.736. The van der Waals surface area contributed by atoms with E-state index in [9.17, 15) is 5.11 Å². The number of methoxy groups -OCH3 is 1. The van der Waals surface area contributed by atoms with E-state index in [1.807, 2.05) is 44.2 Å². The van der Waals surface area contributed by atoms with Crippen molar-refractivity contribution in [2.24, 2.45) is 0 Å². The maximum Gasteiger partial charge on any atom is 0.119 e. The molecule has 1 aromatic carbocycles. The van der Waals surface area contributed by atoms with E-state index in [1.165, 1.54) is 0 Å². The van der Waals surface area contributed by atoms with Crippen molar-refractivity contribution < 1.29 is 14.6 Å². The number of benzene rings is 1. The van der Waals surface area contributed by atoms with Crippen molar-refractivity contribution in [2.45, 2.75) is 25.5 Å². The molecule has 0 fully saturated rings. The van der Waals surface area contributed by atoms with E-state index in [0.29, 0.717) is 13.2 Å². The lowest BCUT2D eigenvalue weighted by atomic mass is 10.1. The molecule has 0 aliphatic carbocycles. The molecule has 1 aromatic rings. The summed E-state index contributed by atoms with van der Waals surface area (Å²) < 4.78 is 10.6. The number of nitrogens with one attached hydrogen (secondary N) is 1. The lowest BCUT2D eigenvalue weighted by molar-refractivity contribution is 0.0813. The van der Waals surface area contributed by atoms with Crippen molar-refractivity contribution >= 4 is 0 Å². The van der Waals surface area contributed by atoms with Gasteiger partial charge in [0.2, 0.25) is 0 Å². The molecule has 0 radical (unpaired) electrons. The van der Waals surface area contributed by atoms with Crippen molar-refractivity contribution in [3.63, 3.8) is 0 Å². The fraction of sp³-hybridized carbons (Fsp3) is 0.571. The molecule has 4 nitrogen and oxygen atoms in total. The highest BCUT2D eigenvalue weighted by atomic mass is 16.5. The Morgan fingerprint density at radius 3 is 2.56 bits per heavy atom. The summed E-state index contributed by atoms with van der Waals surface area (Å²) in [5.74, 6) is 0.771. The molecule has 1 atom stereocenters. The van der Waals surface area contributed by atoms with Crippen LogP contribution in [0.3, 0.4) is 0 Å². The topological polar surface area (TPSA) is 50.7 Å². The second-order valence-electron chi connectivity index (χ2n) is 4.98. The zero-order valence-electron chi connectivity index (χ0n) is 11.3. The van der Waals surface area contributed by atoms with Crippen molar-refractivity contribution in [3.05, 3.63) is 30.3 Å². The van der Waals surface area contributed by atoms with Crippen LogP contribution in [0.2, 0.25) is 0 Å². The van der Waals surface area contributed by atoms with Crippen molar-refractivity contribution in [3.8, 4) is 5.75 Å². The molecule has 18 heavy (non-hydrogen) atoms. The third kappa shape index (κ3) is 6.00. The van der Waals surface area contributed by atoms with Crippen LogP contribution in [-0.2, 0) is 4.74 Å². The lowest BCUT2D eigenvalue weighted by Crippen LogP contribution is -2.47. The Morgan fingerprint density at radius 1 is 1.28 bits per heavy atom. The average molecular weight is 253 g/mol. The van der Waals surface area contributed by atoms with Gasteiger partial charge in [-0.1, -0.05) is 18.2 Å².